The Morgan fingerprint density at radius 2 is 2.28 bits per heavy atom. The summed E-state index contributed by atoms with van der Waals surface area (Å²) in [7, 11) is 1.73. The fourth-order valence-electron chi connectivity index (χ4n) is 2.24. The van der Waals surface area contributed by atoms with E-state index in [1.165, 1.54) is 15.8 Å². The molecule has 0 atom stereocenters. The quantitative estimate of drug-likeness (QED) is 0.759. The summed E-state index contributed by atoms with van der Waals surface area (Å²) < 4.78 is 1.54. The number of rotatable bonds is 3. The highest BCUT2D eigenvalue weighted by atomic mass is 35.5. The number of quaternary nitrogens is 1. The van der Waals surface area contributed by atoms with Crippen LogP contribution in [-0.2, 0) is 7.05 Å². The van der Waals surface area contributed by atoms with Gasteiger partial charge in [0, 0.05) is 7.05 Å². The summed E-state index contributed by atoms with van der Waals surface area (Å²) in [4.78, 5) is 15.6. The molecule has 0 bridgehead atoms. The van der Waals surface area contributed by atoms with Gasteiger partial charge in [0.05, 0.1) is 43.9 Å². The van der Waals surface area contributed by atoms with Crippen molar-refractivity contribution in [2.45, 2.75) is 0 Å². The Morgan fingerprint density at radius 3 is 2.78 bits per heavy atom. The summed E-state index contributed by atoms with van der Waals surface area (Å²) in [5, 5.41) is 4.41. The van der Waals surface area contributed by atoms with E-state index in [4.69, 9.17) is 11.6 Å². The molecule has 1 amide bonds. The smallest absolute Gasteiger partial charge is 0.274 e. The maximum atomic E-state index is 12.3. The summed E-state index contributed by atoms with van der Waals surface area (Å²) in [5.74, 6) is -0.0300. The normalized spacial score (nSPS) is 16.9. The van der Waals surface area contributed by atoms with E-state index in [1.54, 1.807) is 7.05 Å². The van der Waals surface area contributed by atoms with Crippen LogP contribution in [0.2, 0.25) is 5.02 Å². The van der Waals surface area contributed by atoms with Gasteiger partial charge in [-0.25, -0.2) is 0 Å². The molecule has 2 rings (SSSR count). The summed E-state index contributed by atoms with van der Waals surface area (Å²) >= 11 is 5.99. The van der Waals surface area contributed by atoms with Crippen molar-refractivity contribution in [2.75, 3.05) is 32.7 Å². The predicted molar refractivity (Wildman–Crippen MR) is 69.9 cm³/mol. The molecule has 2 heterocycles. The van der Waals surface area contributed by atoms with Crippen molar-refractivity contribution in [1.29, 1.82) is 0 Å². The van der Waals surface area contributed by atoms with Crippen LogP contribution in [0.25, 0.3) is 0 Å². The molecule has 1 aromatic rings. The molecule has 5 nitrogen and oxygen atoms in total. The topological polar surface area (TPSA) is 42.6 Å². The molecule has 0 radical (unpaired) electrons. The van der Waals surface area contributed by atoms with Gasteiger partial charge in [-0.05, 0) is 6.08 Å². The molecule has 1 aliphatic rings. The van der Waals surface area contributed by atoms with E-state index < -0.39 is 0 Å². The number of aromatic nitrogens is 2. The first-order valence-corrected chi connectivity index (χ1v) is 6.42. The van der Waals surface area contributed by atoms with E-state index in [1.807, 2.05) is 11.0 Å². The van der Waals surface area contributed by atoms with Crippen LogP contribution >= 0.6 is 11.6 Å². The minimum Gasteiger partial charge on any atom is -0.329 e. The zero-order chi connectivity index (χ0) is 13.1. The van der Waals surface area contributed by atoms with Crippen molar-refractivity contribution in [2.24, 2.45) is 7.05 Å². The van der Waals surface area contributed by atoms with Crippen LogP contribution in [0.1, 0.15) is 10.5 Å². The lowest BCUT2D eigenvalue weighted by molar-refractivity contribution is -0.898. The number of amides is 1. The lowest BCUT2D eigenvalue weighted by Gasteiger charge is -2.31. The van der Waals surface area contributed by atoms with Crippen LogP contribution in [0, 0.1) is 0 Å². The number of carbonyl (C=O) groups excluding carboxylic acids is 1. The maximum absolute atomic E-state index is 12.3. The Kier molecular flexibility index (Phi) is 4.04. The Hall–Kier alpha value is -1.33. The van der Waals surface area contributed by atoms with Crippen LogP contribution in [0.5, 0.6) is 0 Å². The van der Waals surface area contributed by atoms with Gasteiger partial charge in [0.2, 0.25) is 0 Å². The third kappa shape index (κ3) is 2.57. The fourth-order valence-corrected chi connectivity index (χ4v) is 2.48. The summed E-state index contributed by atoms with van der Waals surface area (Å²) in [5.41, 5.74) is 0.476. The molecule has 1 N–H and O–H groups in total. The Morgan fingerprint density at radius 1 is 1.61 bits per heavy atom. The van der Waals surface area contributed by atoms with Crippen molar-refractivity contribution in [3.05, 3.63) is 29.6 Å². The molecule has 1 aliphatic heterocycles. The van der Waals surface area contributed by atoms with E-state index >= 15 is 0 Å². The van der Waals surface area contributed by atoms with Gasteiger partial charge in [-0.3, -0.25) is 9.48 Å². The predicted octanol–water partition coefficient (Wildman–Crippen LogP) is -0.400. The van der Waals surface area contributed by atoms with Gasteiger partial charge >= 0.3 is 0 Å². The number of aryl methyl sites for hydroxylation is 1. The average Bonchev–Trinajstić information content (AvgIpc) is 2.70. The average molecular weight is 270 g/mol. The highest BCUT2D eigenvalue weighted by Gasteiger charge is 2.27. The largest absolute Gasteiger partial charge is 0.329 e. The number of halogens is 1. The Labute approximate surface area is 112 Å². The maximum Gasteiger partial charge on any atom is 0.274 e. The second kappa shape index (κ2) is 5.54. The van der Waals surface area contributed by atoms with E-state index in [9.17, 15) is 4.79 Å². The minimum absolute atomic E-state index is 0.0300. The number of hydrogen-bond acceptors (Lipinski definition) is 2. The monoisotopic (exact) mass is 269 g/mol. The number of nitrogens with one attached hydrogen (secondary N) is 1. The van der Waals surface area contributed by atoms with Gasteiger partial charge in [-0.2, -0.15) is 5.10 Å². The first-order chi connectivity index (χ1) is 8.63. The van der Waals surface area contributed by atoms with Gasteiger partial charge in [-0.15, -0.1) is 0 Å². The number of piperazine rings is 1. The van der Waals surface area contributed by atoms with Gasteiger partial charge in [-0.1, -0.05) is 18.2 Å². The third-order valence-corrected chi connectivity index (χ3v) is 3.56. The van der Waals surface area contributed by atoms with E-state index in [-0.39, 0.29) is 5.91 Å². The molecule has 1 aromatic heterocycles. The molecule has 1 saturated heterocycles. The SMILES string of the molecule is C=CC[NH+]1CCN(C(=O)c2c(Cl)cnn2C)CC1. The number of nitrogens with zero attached hydrogens (tertiary/aromatic N) is 3. The van der Waals surface area contributed by atoms with Crippen LogP contribution in [-0.4, -0.2) is 53.3 Å². The highest BCUT2D eigenvalue weighted by Crippen LogP contribution is 2.16. The third-order valence-electron chi connectivity index (χ3n) is 3.29. The van der Waals surface area contributed by atoms with Gasteiger partial charge in [0.15, 0.2) is 0 Å². The molecule has 0 aromatic carbocycles. The fraction of sp³-hybridized carbons (Fsp3) is 0.500. The van der Waals surface area contributed by atoms with Crippen LogP contribution in [0.15, 0.2) is 18.9 Å². The molecule has 0 spiro atoms. The minimum atomic E-state index is -0.0300. The van der Waals surface area contributed by atoms with E-state index in [2.05, 4.69) is 11.7 Å². The molecule has 0 aliphatic carbocycles. The van der Waals surface area contributed by atoms with Crippen LogP contribution < -0.4 is 4.90 Å². The molecule has 0 unspecified atom stereocenters. The van der Waals surface area contributed by atoms with E-state index in [0.29, 0.717) is 10.7 Å². The van der Waals surface area contributed by atoms with Crippen LogP contribution in [0.3, 0.4) is 0 Å². The van der Waals surface area contributed by atoms with Crippen molar-refractivity contribution in [3.63, 3.8) is 0 Å². The first kappa shape index (κ1) is 13.1. The lowest BCUT2D eigenvalue weighted by Crippen LogP contribution is -3.14. The zero-order valence-corrected chi connectivity index (χ0v) is 11.3. The Balaban J connectivity index is 2.02. The second-order valence-electron chi connectivity index (χ2n) is 4.50. The van der Waals surface area contributed by atoms with Crippen LogP contribution in [0.4, 0.5) is 0 Å². The van der Waals surface area contributed by atoms with Gasteiger partial charge < -0.3 is 9.80 Å². The zero-order valence-electron chi connectivity index (χ0n) is 10.5. The second-order valence-corrected chi connectivity index (χ2v) is 4.91. The summed E-state index contributed by atoms with van der Waals surface area (Å²) in [6.07, 6.45) is 3.43. The summed E-state index contributed by atoms with van der Waals surface area (Å²) in [6, 6.07) is 0. The molecule has 1 fully saturated rings. The van der Waals surface area contributed by atoms with Crippen molar-refractivity contribution in [3.8, 4) is 0 Å². The Bertz CT molecular complexity index is 429. The van der Waals surface area contributed by atoms with Gasteiger partial charge in [0.25, 0.3) is 5.91 Å². The molecule has 98 valence electrons. The summed E-state index contributed by atoms with van der Waals surface area (Å²) in [6.45, 7) is 8.11. The van der Waals surface area contributed by atoms with Crippen molar-refractivity contribution in [1.82, 2.24) is 14.7 Å². The van der Waals surface area contributed by atoms with Crippen molar-refractivity contribution < 1.29 is 9.69 Å². The molecule has 18 heavy (non-hydrogen) atoms. The van der Waals surface area contributed by atoms with Gasteiger partial charge in [0.1, 0.15) is 5.69 Å². The van der Waals surface area contributed by atoms with E-state index in [0.717, 1.165) is 32.7 Å². The highest BCUT2D eigenvalue weighted by molar-refractivity contribution is 6.33. The number of carbonyl (C=O) groups is 1. The standard InChI is InChI=1S/C12H17ClN4O/c1-3-4-16-5-7-17(8-6-16)12(18)11-10(13)9-14-15(11)2/h3,9H,1,4-8H2,2H3/p+1. The van der Waals surface area contributed by atoms with Crippen molar-refractivity contribution >= 4 is 17.5 Å². The number of hydrogen-bond donors (Lipinski definition) is 1. The first-order valence-electron chi connectivity index (χ1n) is 6.04. The lowest BCUT2D eigenvalue weighted by atomic mass is 10.2. The molecular weight excluding hydrogens is 252 g/mol. The molecule has 0 saturated carbocycles. The molecule has 6 heteroatoms. The molecular formula is C12H18ClN4O+.